The number of esters is 1. The number of fused-ring (bicyclic) bond motifs is 1. The zero-order valence-corrected chi connectivity index (χ0v) is 8.64. The molecule has 1 amide bonds. The van der Waals surface area contributed by atoms with Crippen molar-refractivity contribution >= 4 is 11.9 Å². The fraction of sp³-hybridized carbons (Fsp3) is 0.600. The van der Waals surface area contributed by atoms with Gasteiger partial charge >= 0.3 is 5.97 Å². The number of carbonyl (C=O) groups excluding carboxylic acids is 2. The summed E-state index contributed by atoms with van der Waals surface area (Å²) in [5, 5.41) is 8.91. The summed E-state index contributed by atoms with van der Waals surface area (Å²) < 4.78 is 4.64. The van der Waals surface area contributed by atoms with E-state index in [9.17, 15) is 9.59 Å². The molecule has 5 heteroatoms. The molecule has 82 valence electrons. The lowest BCUT2D eigenvalue weighted by atomic mass is 9.94. The molecule has 5 nitrogen and oxygen atoms in total. The van der Waals surface area contributed by atoms with E-state index in [4.69, 9.17) is 5.11 Å². The SMILES string of the molecule is CC1C=C(C(=O)O[C@H](C)O)N2C(=O)CC12. The number of aliphatic hydroxyl groups excluding tert-OH is 1. The lowest BCUT2D eigenvalue weighted by Crippen LogP contribution is -2.52. The molecule has 2 rings (SSSR count). The second-order valence-corrected chi connectivity index (χ2v) is 3.95. The van der Waals surface area contributed by atoms with E-state index < -0.39 is 12.3 Å². The number of aliphatic hydroxyl groups is 1. The molecule has 0 aliphatic carbocycles. The van der Waals surface area contributed by atoms with Crippen molar-refractivity contribution in [3.05, 3.63) is 11.8 Å². The maximum Gasteiger partial charge on any atom is 0.357 e. The van der Waals surface area contributed by atoms with Gasteiger partial charge in [-0.05, 0) is 18.9 Å². The van der Waals surface area contributed by atoms with Crippen LogP contribution in [0.3, 0.4) is 0 Å². The maximum atomic E-state index is 11.5. The van der Waals surface area contributed by atoms with Crippen molar-refractivity contribution < 1.29 is 19.4 Å². The van der Waals surface area contributed by atoms with Crippen LogP contribution in [0.15, 0.2) is 11.8 Å². The minimum atomic E-state index is -1.15. The summed E-state index contributed by atoms with van der Waals surface area (Å²) in [4.78, 5) is 24.2. The highest BCUT2D eigenvalue weighted by Gasteiger charge is 2.48. The quantitative estimate of drug-likeness (QED) is 0.396. The van der Waals surface area contributed by atoms with Crippen LogP contribution >= 0.6 is 0 Å². The van der Waals surface area contributed by atoms with Gasteiger partial charge in [0.1, 0.15) is 5.70 Å². The number of ether oxygens (including phenoxy) is 1. The highest BCUT2D eigenvalue weighted by atomic mass is 16.6. The van der Waals surface area contributed by atoms with Crippen molar-refractivity contribution in [2.75, 3.05) is 0 Å². The summed E-state index contributed by atoms with van der Waals surface area (Å²) in [7, 11) is 0. The van der Waals surface area contributed by atoms with E-state index in [1.54, 1.807) is 6.08 Å². The topological polar surface area (TPSA) is 66.8 Å². The Bertz CT molecular complexity index is 347. The van der Waals surface area contributed by atoms with Crippen molar-refractivity contribution in [3.8, 4) is 0 Å². The summed E-state index contributed by atoms with van der Waals surface area (Å²) in [6.07, 6.45) is 1.06. The van der Waals surface area contributed by atoms with Crippen molar-refractivity contribution in [1.29, 1.82) is 0 Å². The van der Waals surface area contributed by atoms with Gasteiger partial charge in [0.05, 0.1) is 6.04 Å². The summed E-state index contributed by atoms with van der Waals surface area (Å²) in [5.41, 5.74) is 0.268. The van der Waals surface area contributed by atoms with E-state index in [0.717, 1.165) is 0 Å². The largest absolute Gasteiger partial charge is 0.432 e. The third-order valence-electron chi connectivity index (χ3n) is 2.76. The van der Waals surface area contributed by atoms with Gasteiger partial charge in [0.15, 0.2) is 6.29 Å². The first-order valence-electron chi connectivity index (χ1n) is 4.93. The summed E-state index contributed by atoms with van der Waals surface area (Å²) in [6, 6.07) is 0.106. The Morgan fingerprint density at radius 3 is 2.93 bits per heavy atom. The minimum Gasteiger partial charge on any atom is -0.432 e. The third kappa shape index (κ3) is 1.52. The van der Waals surface area contributed by atoms with Crippen LogP contribution in [0.25, 0.3) is 0 Å². The Morgan fingerprint density at radius 2 is 2.40 bits per heavy atom. The van der Waals surface area contributed by atoms with E-state index in [1.807, 2.05) is 6.92 Å². The van der Waals surface area contributed by atoms with Crippen LogP contribution in [0.5, 0.6) is 0 Å². The Balaban J connectivity index is 2.12. The average molecular weight is 211 g/mol. The average Bonchev–Trinajstić information content (AvgIpc) is 2.36. The standard InChI is InChI=1S/C10H13NO4/c1-5-3-8(10(14)15-6(2)12)11-7(5)4-9(11)13/h3,5-7,12H,4H2,1-2H3/t5?,6-,7?/m1/s1. The Hall–Kier alpha value is -1.36. The van der Waals surface area contributed by atoms with Crippen molar-refractivity contribution in [2.24, 2.45) is 5.92 Å². The Kier molecular flexibility index (Phi) is 2.26. The van der Waals surface area contributed by atoms with Crippen LogP contribution in [0.2, 0.25) is 0 Å². The predicted molar refractivity (Wildman–Crippen MR) is 50.3 cm³/mol. The summed E-state index contributed by atoms with van der Waals surface area (Å²) in [5.74, 6) is -0.509. The molecule has 0 aromatic heterocycles. The lowest BCUT2D eigenvalue weighted by Gasteiger charge is -2.37. The molecule has 0 radical (unpaired) electrons. The smallest absolute Gasteiger partial charge is 0.357 e. The van der Waals surface area contributed by atoms with Crippen LogP contribution in [0.4, 0.5) is 0 Å². The summed E-state index contributed by atoms with van der Waals surface area (Å²) >= 11 is 0. The van der Waals surface area contributed by atoms with Crippen molar-refractivity contribution in [3.63, 3.8) is 0 Å². The van der Waals surface area contributed by atoms with Crippen LogP contribution in [-0.4, -0.2) is 34.2 Å². The van der Waals surface area contributed by atoms with Gasteiger partial charge in [-0.1, -0.05) is 6.92 Å². The van der Waals surface area contributed by atoms with Crippen molar-refractivity contribution in [2.45, 2.75) is 32.6 Å². The molecule has 1 saturated heterocycles. The van der Waals surface area contributed by atoms with E-state index in [1.165, 1.54) is 11.8 Å². The maximum absolute atomic E-state index is 11.5. The van der Waals surface area contributed by atoms with E-state index in [-0.39, 0.29) is 23.6 Å². The predicted octanol–water partition coefficient (Wildman–Crippen LogP) is 0.00240. The number of β-lactam (4-membered cyclic amide) rings is 1. The van der Waals surface area contributed by atoms with E-state index in [0.29, 0.717) is 6.42 Å². The molecule has 0 bridgehead atoms. The minimum absolute atomic E-state index is 0.0573. The molecule has 0 saturated carbocycles. The van der Waals surface area contributed by atoms with Crippen LogP contribution in [0, 0.1) is 5.92 Å². The Morgan fingerprint density at radius 1 is 1.73 bits per heavy atom. The van der Waals surface area contributed by atoms with Crippen LogP contribution < -0.4 is 0 Å². The second kappa shape index (κ2) is 3.34. The second-order valence-electron chi connectivity index (χ2n) is 3.95. The first-order chi connectivity index (χ1) is 7.00. The van der Waals surface area contributed by atoms with Gasteiger partial charge in [0.2, 0.25) is 5.91 Å². The molecule has 1 N–H and O–H groups in total. The normalized spacial score (nSPS) is 30.5. The number of amides is 1. The fourth-order valence-corrected chi connectivity index (χ4v) is 2.00. The number of carbonyl (C=O) groups is 2. The van der Waals surface area contributed by atoms with Crippen LogP contribution in [0.1, 0.15) is 20.3 Å². The number of nitrogens with zero attached hydrogens (tertiary/aromatic N) is 1. The summed E-state index contributed by atoms with van der Waals surface area (Å²) in [6.45, 7) is 3.30. The molecule has 2 aliphatic rings. The molecule has 0 aromatic carbocycles. The molecule has 0 aromatic rings. The van der Waals surface area contributed by atoms with Crippen LogP contribution in [-0.2, 0) is 14.3 Å². The monoisotopic (exact) mass is 211 g/mol. The van der Waals surface area contributed by atoms with Crippen molar-refractivity contribution in [1.82, 2.24) is 4.90 Å². The molecular weight excluding hydrogens is 198 g/mol. The third-order valence-corrected chi connectivity index (χ3v) is 2.76. The zero-order chi connectivity index (χ0) is 11.2. The van der Waals surface area contributed by atoms with Gasteiger partial charge < -0.3 is 14.7 Å². The Labute approximate surface area is 87.3 Å². The van der Waals surface area contributed by atoms with Gasteiger partial charge in [0.25, 0.3) is 0 Å². The molecule has 2 heterocycles. The number of rotatable bonds is 2. The highest BCUT2D eigenvalue weighted by Crippen LogP contribution is 2.37. The number of hydrogen-bond acceptors (Lipinski definition) is 4. The van der Waals surface area contributed by atoms with Gasteiger partial charge in [0, 0.05) is 6.42 Å². The van der Waals surface area contributed by atoms with E-state index in [2.05, 4.69) is 4.74 Å². The molecular formula is C10H13NO4. The number of hydrogen-bond donors (Lipinski definition) is 1. The van der Waals surface area contributed by atoms with Gasteiger partial charge in [-0.25, -0.2) is 4.79 Å². The lowest BCUT2D eigenvalue weighted by molar-refractivity contribution is -0.165. The van der Waals surface area contributed by atoms with Gasteiger partial charge in [-0.3, -0.25) is 4.79 Å². The first-order valence-corrected chi connectivity index (χ1v) is 4.93. The fourth-order valence-electron chi connectivity index (χ4n) is 2.00. The molecule has 0 spiro atoms. The van der Waals surface area contributed by atoms with Gasteiger partial charge in [-0.15, -0.1) is 0 Å². The molecule has 2 aliphatic heterocycles. The van der Waals surface area contributed by atoms with E-state index >= 15 is 0 Å². The molecule has 15 heavy (non-hydrogen) atoms. The first kappa shape index (κ1) is 10.2. The molecule has 1 fully saturated rings. The zero-order valence-electron chi connectivity index (χ0n) is 8.64. The molecule has 2 unspecified atom stereocenters. The highest BCUT2D eigenvalue weighted by molar-refractivity contribution is 5.98. The van der Waals surface area contributed by atoms with Gasteiger partial charge in [-0.2, -0.15) is 0 Å². The molecule has 3 atom stereocenters.